The van der Waals surface area contributed by atoms with Crippen molar-refractivity contribution in [2.45, 2.75) is 58.3 Å². The lowest BCUT2D eigenvalue weighted by atomic mass is 10.1. The third-order valence-electron chi connectivity index (χ3n) is 6.44. The van der Waals surface area contributed by atoms with Crippen LogP contribution in [-0.4, -0.2) is 19.7 Å². The number of nitrogens with zero attached hydrogens (tertiary/aromatic N) is 3. The molecule has 190 valence electrons. The van der Waals surface area contributed by atoms with E-state index in [9.17, 15) is 0 Å². The maximum Gasteiger partial charge on any atom is 0.119 e. The monoisotopic (exact) mass is 485 g/mol. The van der Waals surface area contributed by atoms with Gasteiger partial charge in [-0.2, -0.15) is 10.2 Å². The van der Waals surface area contributed by atoms with Crippen molar-refractivity contribution in [1.82, 2.24) is 0 Å². The number of hydrogen-bond donors (Lipinski definition) is 2. The van der Waals surface area contributed by atoms with E-state index in [0.717, 1.165) is 54.6 Å². The molecule has 0 bridgehead atoms. The Labute approximate surface area is 215 Å². The molecule has 3 aromatic rings. The van der Waals surface area contributed by atoms with Crippen molar-refractivity contribution in [1.29, 1.82) is 0 Å². The molecule has 2 N–H and O–H groups in total. The van der Waals surface area contributed by atoms with Gasteiger partial charge in [-0.3, -0.25) is 0 Å². The normalized spacial score (nSPS) is 13.6. The minimum absolute atomic E-state index is 0.780. The van der Waals surface area contributed by atoms with Crippen LogP contribution >= 0.6 is 0 Å². The number of hydrazine groups is 1. The smallest absolute Gasteiger partial charge is 0.119 e. The zero-order valence-corrected chi connectivity index (χ0v) is 21.5. The predicted octanol–water partition coefficient (Wildman–Crippen LogP) is 8.88. The van der Waals surface area contributed by atoms with Gasteiger partial charge in [0.15, 0.2) is 0 Å². The summed E-state index contributed by atoms with van der Waals surface area (Å²) in [6.07, 6.45) is 10.1. The highest BCUT2D eigenvalue weighted by atomic mass is 16.5. The van der Waals surface area contributed by atoms with Crippen molar-refractivity contribution >= 4 is 28.4 Å². The number of nitrogens with one attached hydrogen (secondary N) is 2. The molecule has 3 aromatic carbocycles. The molecule has 0 aromatic heterocycles. The molecular formula is C30H39N5O. The van der Waals surface area contributed by atoms with Crippen molar-refractivity contribution in [2.75, 3.05) is 35.4 Å². The number of piperidine rings is 1. The van der Waals surface area contributed by atoms with Crippen molar-refractivity contribution < 1.29 is 4.74 Å². The Morgan fingerprint density at radius 1 is 0.667 bits per heavy atom. The molecule has 1 fully saturated rings. The minimum atomic E-state index is 0.780. The summed E-state index contributed by atoms with van der Waals surface area (Å²) in [5, 5.41) is 8.77. The lowest BCUT2D eigenvalue weighted by Gasteiger charge is -2.28. The molecule has 0 atom stereocenters. The molecule has 1 aliphatic heterocycles. The third kappa shape index (κ3) is 8.29. The first-order valence-corrected chi connectivity index (χ1v) is 13.4. The fourth-order valence-corrected chi connectivity index (χ4v) is 4.28. The molecule has 0 radical (unpaired) electrons. The van der Waals surface area contributed by atoms with Crippen LogP contribution in [0.25, 0.3) is 0 Å². The Hall–Kier alpha value is -3.54. The van der Waals surface area contributed by atoms with Gasteiger partial charge in [-0.05, 0) is 98.5 Å². The van der Waals surface area contributed by atoms with Gasteiger partial charge in [-0.15, -0.1) is 0 Å². The zero-order chi connectivity index (χ0) is 24.8. The molecule has 0 aliphatic carbocycles. The highest BCUT2D eigenvalue weighted by Gasteiger charge is 2.10. The fraction of sp³-hybridized carbons (Fsp3) is 0.400. The van der Waals surface area contributed by atoms with Crippen LogP contribution in [0.15, 0.2) is 83.0 Å². The van der Waals surface area contributed by atoms with E-state index in [1.165, 1.54) is 50.6 Å². The summed E-state index contributed by atoms with van der Waals surface area (Å²) in [4.78, 5) is 2.45. The number of azo groups is 1. The summed E-state index contributed by atoms with van der Waals surface area (Å²) < 4.78 is 5.84. The van der Waals surface area contributed by atoms with Crippen molar-refractivity contribution in [3.8, 4) is 5.75 Å². The molecule has 0 amide bonds. The van der Waals surface area contributed by atoms with E-state index in [0.29, 0.717) is 0 Å². The summed E-state index contributed by atoms with van der Waals surface area (Å²) in [6.45, 7) is 5.31. The van der Waals surface area contributed by atoms with Crippen LogP contribution in [0.4, 0.5) is 28.4 Å². The predicted molar refractivity (Wildman–Crippen MR) is 151 cm³/mol. The Morgan fingerprint density at radius 3 is 1.83 bits per heavy atom. The molecule has 0 saturated carbocycles. The maximum absolute atomic E-state index is 5.84. The molecule has 36 heavy (non-hydrogen) atoms. The molecule has 0 spiro atoms. The minimum Gasteiger partial charge on any atom is -0.494 e. The third-order valence-corrected chi connectivity index (χ3v) is 6.44. The van der Waals surface area contributed by atoms with E-state index in [-0.39, 0.29) is 0 Å². The average molecular weight is 486 g/mol. The Balaban J connectivity index is 1.19. The summed E-state index contributed by atoms with van der Waals surface area (Å²) in [6, 6.07) is 24.3. The molecule has 1 heterocycles. The van der Waals surface area contributed by atoms with E-state index in [2.05, 4.69) is 45.0 Å². The van der Waals surface area contributed by atoms with Gasteiger partial charge in [0.1, 0.15) is 5.75 Å². The first-order chi connectivity index (χ1) is 17.8. The molecule has 6 heteroatoms. The Kier molecular flexibility index (Phi) is 10.0. The molecule has 4 rings (SSSR count). The summed E-state index contributed by atoms with van der Waals surface area (Å²) >= 11 is 0. The van der Waals surface area contributed by atoms with E-state index in [4.69, 9.17) is 4.74 Å². The van der Waals surface area contributed by atoms with Crippen molar-refractivity contribution in [3.05, 3.63) is 72.8 Å². The van der Waals surface area contributed by atoms with Gasteiger partial charge in [0.05, 0.1) is 29.4 Å². The van der Waals surface area contributed by atoms with E-state index in [1.54, 1.807) is 0 Å². The first-order valence-electron chi connectivity index (χ1n) is 13.4. The Bertz CT molecular complexity index is 1040. The second-order valence-corrected chi connectivity index (χ2v) is 9.35. The summed E-state index contributed by atoms with van der Waals surface area (Å²) in [5.74, 6) is 0.909. The molecule has 1 aliphatic rings. The van der Waals surface area contributed by atoms with Crippen molar-refractivity contribution in [3.63, 3.8) is 0 Å². The first kappa shape index (κ1) is 25.5. The summed E-state index contributed by atoms with van der Waals surface area (Å²) in [5.41, 5.74) is 11.3. The van der Waals surface area contributed by atoms with Crippen LogP contribution in [0, 0.1) is 0 Å². The van der Waals surface area contributed by atoms with E-state index in [1.807, 2.05) is 60.7 Å². The van der Waals surface area contributed by atoms with Crippen LogP contribution in [0.2, 0.25) is 0 Å². The Morgan fingerprint density at radius 2 is 1.22 bits per heavy atom. The number of unbranched alkanes of at least 4 members (excludes halogenated alkanes) is 4. The second kappa shape index (κ2) is 14.1. The van der Waals surface area contributed by atoms with Gasteiger partial charge in [0, 0.05) is 18.8 Å². The SMILES string of the molecule is CCCCCCCOc1ccc(NNc2ccc(/N=N/c3ccc(N4CCCCC4)cc3)cc2)cc1. The van der Waals surface area contributed by atoms with Crippen LogP contribution in [0.5, 0.6) is 5.75 Å². The molecule has 6 nitrogen and oxygen atoms in total. The topological polar surface area (TPSA) is 61.2 Å². The average Bonchev–Trinajstić information content (AvgIpc) is 2.94. The molecule has 0 unspecified atom stereocenters. The lowest BCUT2D eigenvalue weighted by molar-refractivity contribution is 0.304. The van der Waals surface area contributed by atoms with Crippen LogP contribution in [0.3, 0.4) is 0 Å². The zero-order valence-electron chi connectivity index (χ0n) is 21.5. The molecule has 1 saturated heterocycles. The van der Waals surface area contributed by atoms with Gasteiger partial charge >= 0.3 is 0 Å². The van der Waals surface area contributed by atoms with Gasteiger partial charge in [0.2, 0.25) is 0 Å². The van der Waals surface area contributed by atoms with Gasteiger partial charge in [0.25, 0.3) is 0 Å². The van der Waals surface area contributed by atoms with Gasteiger partial charge < -0.3 is 20.5 Å². The molecular weight excluding hydrogens is 446 g/mol. The van der Waals surface area contributed by atoms with Crippen LogP contribution < -0.4 is 20.5 Å². The largest absolute Gasteiger partial charge is 0.494 e. The van der Waals surface area contributed by atoms with Crippen LogP contribution in [0.1, 0.15) is 58.3 Å². The second-order valence-electron chi connectivity index (χ2n) is 9.35. The van der Waals surface area contributed by atoms with E-state index >= 15 is 0 Å². The number of benzene rings is 3. The van der Waals surface area contributed by atoms with Crippen molar-refractivity contribution in [2.24, 2.45) is 10.2 Å². The standard InChI is InChI=1S/C30H39N5O/c1-2-3-4-5-9-24-36-30-20-16-28(17-21-30)34-32-26-12-10-25(11-13-26)31-33-27-14-18-29(19-15-27)35-22-7-6-8-23-35/h10-21,32,34H,2-9,22-24H2,1H3/b33-31+. The number of anilines is 3. The maximum atomic E-state index is 5.84. The highest BCUT2D eigenvalue weighted by molar-refractivity contribution is 5.57. The summed E-state index contributed by atoms with van der Waals surface area (Å²) in [7, 11) is 0. The number of rotatable bonds is 13. The number of hydrogen-bond acceptors (Lipinski definition) is 6. The lowest BCUT2D eigenvalue weighted by Crippen LogP contribution is -2.29. The van der Waals surface area contributed by atoms with Gasteiger partial charge in [-0.1, -0.05) is 32.6 Å². The fourth-order valence-electron chi connectivity index (χ4n) is 4.28. The number of ether oxygens (including phenoxy) is 1. The quantitative estimate of drug-likeness (QED) is 0.144. The van der Waals surface area contributed by atoms with Crippen LogP contribution in [-0.2, 0) is 0 Å². The van der Waals surface area contributed by atoms with E-state index < -0.39 is 0 Å². The highest BCUT2D eigenvalue weighted by Crippen LogP contribution is 2.25. The van der Waals surface area contributed by atoms with Gasteiger partial charge in [-0.25, -0.2) is 0 Å².